The Bertz CT molecular complexity index is 211. The Morgan fingerprint density at radius 1 is 1.75 bits per heavy atom. The molecule has 0 aliphatic carbocycles. The summed E-state index contributed by atoms with van der Waals surface area (Å²) in [7, 11) is -3.05. The maximum Gasteiger partial charge on any atom is 0.330 e. The molecule has 0 aromatic carbocycles. The lowest BCUT2D eigenvalue weighted by Crippen LogP contribution is -2.06. The summed E-state index contributed by atoms with van der Waals surface area (Å²) < 4.78 is 15.5. The second-order valence-corrected chi connectivity index (χ2v) is 5.03. The highest BCUT2D eigenvalue weighted by Crippen LogP contribution is 2.38. The van der Waals surface area contributed by atoms with E-state index in [2.05, 4.69) is 11.3 Å². The number of rotatable bonds is 5. The van der Waals surface area contributed by atoms with Gasteiger partial charge in [-0.1, -0.05) is 13.5 Å². The maximum absolute atomic E-state index is 11.0. The van der Waals surface area contributed by atoms with Gasteiger partial charge in [-0.3, -0.25) is 4.57 Å². The van der Waals surface area contributed by atoms with Crippen molar-refractivity contribution < 1.29 is 19.0 Å². The standard InChI is InChI=1S/C7H13O4P/c1-3-7(8)11-5-6-12(9,10)4-2/h3H,1,4-6H2,2H3,(H,9,10). The van der Waals surface area contributed by atoms with Gasteiger partial charge in [-0.05, 0) is 0 Å². The molecule has 0 amide bonds. The normalized spacial score (nSPS) is 14.8. The van der Waals surface area contributed by atoms with E-state index >= 15 is 0 Å². The van der Waals surface area contributed by atoms with Crippen LogP contribution in [0.5, 0.6) is 0 Å². The van der Waals surface area contributed by atoms with Gasteiger partial charge in [-0.25, -0.2) is 4.79 Å². The van der Waals surface area contributed by atoms with E-state index in [1.54, 1.807) is 6.92 Å². The molecule has 1 atom stereocenters. The Balaban J connectivity index is 3.63. The molecule has 0 spiro atoms. The Kier molecular flexibility index (Phi) is 4.86. The van der Waals surface area contributed by atoms with Crippen molar-refractivity contribution >= 4 is 13.3 Å². The molecule has 0 saturated carbocycles. The summed E-state index contributed by atoms with van der Waals surface area (Å²) in [5, 5.41) is 0. The summed E-state index contributed by atoms with van der Waals surface area (Å²) in [4.78, 5) is 19.5. The van der Waals surface area contributed by atoms with Gasteiger partial charge in [0, 0.05) is 12.2 Å². The van der Waals surface area contributed by atoms with Gasteiger partial charge in [-0.2, -0.15) is 0 Å². The van der Waals surface area contributed by atoms with Crippen molar-refractivity contribution in [3.63, 3.8) is 0 Å². The highest BCUT2D eigenvalue weighted by molar-refractivity contribution is 7.57. The molecule has 0 aliphatic heterocycles. The fourth-order valence-corrected chi connectivity index (χ4v) is 1.20. The van der Waals surface area contributed by atoms with Crippen molar-refractivity contribution in [1.29, 1.82) is 0 Å². The smallest absolute Gasteiger partial charge is 0.330 e. The highest BCUT2D eigenvalue weighted by atomic mass is 31.2. The van der Waals surface area contributed by atoms with Crippen molar-refractivity contribution in [1.82, 2.24) is 0 Å². The summed E-state index contributed by atoms with van der Waals surface area (Å²) in [5.74, 6) is -0.564. The topological polar surface area (TPSA) is 63.6 Å². The minimum absolute atomic E-state index is 0.0169. The van der Waals surface area contributed by atoms with E-state index in [0.717, 1.165) is 6.08 Å². The maximum atomic E-state index is 11.0. The molecule has 0 aliphatic rings. The first kappa shape index (κ1) is 11.4. The van der Waals surface area contributed by atoms with E-state index in [1.807, 2.05) is 0 Å². The average Bonchev–Trinajstić information content (AvgIpc) is 2.04. The number of carbonyl (C=O) groups is 1. The number of hydrogen-bond acceptors (Lipinski definition) is 3. The molecule has 0 radical (unpaired) electrons. The summed E-state index contributed by atoms with van der Waals surface area (Å²) >= 11 is 0. The van der Waals surface area contributed by atoms with Crippen LogP contribution in [0.2, 0.25) is 0 Å². The lowest BCUT2D eigenvalue weighted by Gasteiger charge is -2.07. The zero-order chi connectivity index (χ0) is 9.61. The van der Waals surface area contributed by atoms with Gasteiger partial charge >= 0.3 is 5.97 Å². The van der Waals surface area contributed by atoms with Gasteiger partial charge in [0.25, 0.3) is 0 Å². The van der Waals surface area contributed by atoms with Gasteiger partial charge in [0.2, 0.25) is 7.37 Å². The summed E-state index contributed by atoms with van der Waals surface area (Å²) in [6.07, 6.45) is 1.25. The molecule has 0 heterocycles. The van der Waals surface area contributed by atoms with Crippen LogP contribution in [0.3, 0.4) is 0 Å². The van der Waals surface area contributed by atoms with E-state index < -0.39 is 13.3 Å². The predicted molar refractivity (Wildman–Crippen MR) is 46.4 cm³/mol. The van der Waals surface area contributed by atoms with Crippen LogP contribution in [0.4, 0.5) is 0 Å². The molecule has 0 rings (SSSR count). The van der Waals surface area contributed by atoms with E-state index in [1.165, 1.54) is 0 Å². The van der Waals surface area contributed by atoms with E-state index in [-0.39, 0.29) is 18.9 Å². The summed E-state index contributed by atoms with van der Waals surface area (Å²) in [6.45, 7) is 4.79. The summed E-state index contributed by atoms with van der Waals surface area (Å²) in [5.41, 5.74) is 0. The second kappa shape index (κ2) is 5.12. The predicted octanol–water partition coefficient (Wildman–Crippen LogP) is 1.01. The molecule has 0 aromatic heterocycles. The van der Waals surface area contributed by atoms with Crippen molar-refractivity contribution in [3.8, 4) is 0 Å². The molecule has 1 unspecified atom stereocenters. The first-order valence-electron chi connectivity index (χ1n) is 3.62. The third-order valence-electron chi connectivity index (χ3n) is 1.35. The van der Waals surface area contributed by atoms with Crippen LogP contribution in [0.1, 0.15) is 6.92 Å². The SMILES string of the molecule is C=CC(=O)OCCP(=O)(O)CC. The Morgan fingerprint density at radius 3 is 2.75 bits per heavy atom. The van der Waals surface area contributed by atoms with Gasteiger partial charge in [0.1, 0.15) is 6.61 Å². The highest BCUT2D eigenvalue weighted by Gasteiger charge is 2.14. The van der Waals surface area contributed by atoms with Gasteiger partial charge < -0.3 is 9.63 Å². The Labute approximate surface area is 71.7 Å². The molecule has 12 heavy (non-hydrogen) atoms. The lowest BCUT2D eigenvalue weighted by atomic mass is 10.6. The Morgan fingerprint density at radius 2 is 2.33 bits per heavy atom. The monoisotopic (exact) mass is 192 g/mol. The average molecular weight is 192 g/mol. The van der Waals surface area contributed by atoms with Crippen LogP contribution in [-0.2, 0) is 14.1 Å². The number of carbonyl (C=O) groups excluding carboxylic acids is 1. The fourth-order valence-electron chi connectivity index (χ4n) is 0.506. The molecule has 0 saturated heterocycles. The third-order valence-corrected chi connectivity index (χ3v) is 3.22. The van der Waals surface area contributed by atoms with Gasteiger partial charge in [0.05, 0.1) is 6.16 Å². The first-order valence-corrected chi connectivity index (χ1v) is 5.65. The number of ether oxygens (including phenoxy) is 1. The van der Waals surface area contributed by atoms with E-state index in [0.29, 0.717) is 0 Å². The molecule has 5 heteroatoms. The molecule has 0 bridgehead atoms. The van der Waals surface area contributed by atoms with Crippen molar-refractivity contribution in [2.24, 2.45) is 0 Å². The first-order chi connectivity index (χ1) is 5.52. The van der Waals surface area contributed by atoms with Crippen LogP contribution in [0.25, 0.3) is 0 Å². The molecule has 1 N–H and O–H groups in total. The van der Waals surface area contributed by atoms with Gasteiger partial charge in [-0.15, -0.1) is 0 Å². The Hall–Kier alpha value is -0.600. The van der Waals surface area contributed by atoms with Crippen LogP contribution in [-0.4, -0.2) is 29.8 Å². The largest absolute Gasteiger partial charge is 0.462 e. The molecule has 0 fully saturated rings. The lowest BCUT2D eigenvalue weighted by molar-refractivity contribution is -0.137. The van der Waals surface area contributed by atoms with Gasteiger partial charge in [0.15, 0.2) is 0 Å². The zero-order valence-electron chi connectivity index (χ0n) is 7.02. The molecular weight excluding hydrogens is 179 g/mol. The molecule has 4 nitrogen and oxygen atoms in total. The zero-order valence-corrected chi connectivity index (χ0v) is 7.92. The fraction of sp³-hybridized carbons (Fsp3) is 0.571. The van der Waals surface area contributed by atoms with E-state index in [9.17, 15) is 9.36 Å². The van der Waals surface area contributed by atoms with Crippen LogP contribution in [0, 0.1) is 0 Å². The van der Waals surface area contributed by atoms with Crippen LogP contribution >= 0.6 is 7.37 Å². The van der Waals surface area contributed by atoms with Crippen molar-refractivity contribution in [2.75, 3.05) is 18.9 Å². The molecular formula is C7H13O4P. The third kappa shape index (κ3) is 5.10. The van der Waals surface area contributed by atoms with E-state index in [4.69, 9.17) is 4.89 Å². The summed E-state index contributed by atoms with van der Waals surface area (Å²) in [6, 6.07) is 0. The molecule has 70 valence electrons. The van der Waals surface area contributed by atoms with Crippen molar-refractivity contribution in [2.45, 2.75) is 6.92 Å². The quantitative estimate of drug-likeness (QED) is 0.401. The second-order valence-electron chi connectivity index (χ2n) is 2.26. The van der Waals surface area contributed by atoms with Crippen LogP contribution in [0.15, 0.2) is 12.7 Å². The number of hydrogen-bond donors (Lipinski definition) is 1. The molecule has 0 aromatic rings. The minimum Gasteiger partial charge on any atom is -0.462 e. The minimum atomic E-state index is -3.05. The van der Waals surface area contributed by atoms with Crippen LogP contribution < -0.4 is 0 Å². The van der Waals surface area contributed by atoms with Crippen molar-refractivity contribution in [3.05, 3.63) is 12.7 Å². The number of esters is 1.